The van der Waals surface area contributed by atoms with Crippen LogP contribution < -0.4 is 0 Å². The molecular weight excluding hydrogens is 162 g/mol. The molecule has 13 heavy (non-hydrogen) atoms. The summed E-state index contributed by atoms with van der Waals surface area (Å²) in [5, 5.41) is 10.1. The van der Waals surface area contributed by atoms with Crippen LogP contribution in [0.3, 0.4) is 0 Å². The number of aliphatic hydroxyl groups is 1. The van der Waals surface area contributed by atoms with Gasteiger partial charge < -0.3 is 10.1 Å². The van der Waals surface area contributed by atoms with Crippen molar-refractivity contribution >= 4 is 10.9 Å². The SMILES string of the molecule is Cc1cccc2c(CCO)c[nH]c12. The molecule has 1 heterocycles. The second-order valence-electron chi connectivity index (χ2n) is 3.28. The lowest BCUT2D eigenvalue weighted by atomic mass is 10.1. The van der Waals surface area contributed by atoms with Crippen LogP contribution in [0, 0.1) is 6.92 Å². The summed E-state index contributed by atoms with van der Waals surface area (Å²) >= 11 is 0. The van der Waals surface area contributed by atoms with Gasteiger partial charge in [0.25, 0.3) is 0 Å². The van der Waals surface area contributed by atoms with Crippen molar-refractivity contribution in [2.45, 2.75) is 13.3 Å². The Bertz CT molecular complexity index is 417. The minimum absolute atomic E-state index is 0.209. The van der Waals surface area contributed by atoms with Gasteiger partial charge >= 0.3 is 0 Å². The third-order valence-corrected chi connectivity index (χ3v) is 2.39. The quantitative estimate of drug-likeness (QED) is 0.719. The first-order valence-electron chi connectivity index (χ1n) is 4.49. The molecule has 0 aliphatic rings. The van der Waals surface area contributed by atoms with Crippen molar-refractivity contribution in [3.63, 3.8) is 0 Å². The Hall–Kier alpha value is -1.28. The fourth-order valence-electron chi connectivity index (χ4n) is 1.69. The molecule has 1 aromatic carbocycles. The second kappa shape index (κ2) is 3.23. The van der Waals surface area contributed by atoms with Crippen LogP contribution in [0.15, 0.2) is 24.4 Å². The molecule has 2 nitrogen and oxygen atoms in total. The van der Waals surface area contributed by atoms with Gasteiger partial charge in [0.1, 0.15) is 0 Å². The van der Waals surface area contributed by atoms with Gasteiger partial charge in [-0.15, -0.1) is 0 Å². The van der Waals surface area contributed by atoms with E-state index in [0.717, 1.165) is 6.42 Å². The Balaban J connectivity index is 2.61. The molecule has 2 heteroatoms. The summed E-state index contributed by atoms with van der Waals surface area (Å²) in [5.74, 6) is 0. The standard InChI is InChI=1S/C11H13NO/c1-8-3-2-4-10-9(5-6-13)7-12-11(8)10/h2-4,7,12-13H,5-6H2,1H3. The molecule has 0 aliphatic carbocycles. The zero-order chi connectivity index (χ0) is 9.26. The number of nitrogens with one attached hydrogen (secondary N) is 1. The van der Waals surface area contributed by atoms with Crippen molar-refractivity contribution in [1.29, 1.82) is 0 Å². The predicted molar refractivity (Wildman–Crippen MR) is 53.8 cm³/mol. The maximum Gasteiger partial charge on any atom is 0.0486 e. The normalized spacial score (nSPS) is 10.9. The van der Waals surface area contributed by atoms with Crippen molar-refractivity contribution in [3.05, 3.63) is 35.5 Å². The van der Waals surface area contributed by atoms with E-state index in [1.165, 1.54) is 22.0 Å². The molecule has 0 unspecified atom stereocenters. The average Bonchev–Trinajstić information content (AvgIpc) is 2.51. The molecule has 0 spiro atoms. The topological polar surface area (TPSA) is 36.0 Å². The smallest absolute Gasteiger partial charge is 0.0486 e. The highest BCUT2D eigenvalue weighted by Gasteiger charge is 2.03. The number of para-hydroxylation sites is 1. The van der Waals surface area contributed by atoms with Gasteiger partial charge in [-0.2, -0.15) is 0 Å². The molecule has 2 N–H and O–H groups in total. The molecule has 0 saturated carbocycles. The monoisotopic (exact) mass is 175 g/mol. The van der Waals surface area contributed by atoms with Gasteiger partial charge in [0, 0.05) is 23.7 Å². The van der Waals surface area contributed by atoms with Crippen LogP contribution in [0.5, 0.6) is 0 Å². The van der Waals surface area contributed by atoms with E-state index in [1.54, 1.807) is 0 Å². The Morgan fingerprint density at radius 1 is 1.38 bits per heavy atom. The summed E-state index contributed by atoms with van der Waals surface area (Å²) in [6.07, 6.45) is 2.71. The van der Waals surface area contributed by atoms with E-state index in [1.807, 2.05) is 12.3 Å². The number of benzene rings is 1. The molecule has 0 amide bonds. The van der Waals surface area contributed by atoms with Crippen LogP contribution in [-0.4, -0.2) is 16.7 Å². The van der Waals surface area contributed by atoms with Crippen LogP contribution in [-0.2, 0) is 6.42 Å². The van der Waals surface area contributed by atoms with E-state index < -0.39 is 0 Å². The van der Waals surface area contributed by atoms with E-state index in [-0.39, 0.29) is 6.61 Å². The third-order valence-electron chi connectivity index (χ3n) is 2.39. The van der Waals surface area contributed by atoms with Crippen LogP contribution in [0.1, 0.15) is 11.1 Å². The minimum Gasteiger partial charge on any atom is -0.396 e. The summed E-state index contributed by atoms with van der Waals surface area (Å²) < 4.78 is 0. The molecule has 0 saturated heterocycles. The molecular formula is C11H13NO. The maximum atomic E-state index is 8.85. The minimum atomic E-state index is 0.209. The van der Waals surface area contributed by atoms with Gasteiger partial charge in [-0.1, -0.05) is 18.2 Å². The zero-order valence-electron chi connectivity index (χ0n) is 7.67. The van der Waals surface area contributed by atoms with Crippen molar-refractivity contribution in [3.8, 4) is 0 Å². The predicted octanol–water partition coefficient (Wildman–Crippen LogP) is 2.01. The molecule has 1 aromatic heterocycles. The van der Waals surface area contributed by atoms with E-state index in [0.29, 0.717) is 0 Å². The Morgan fingerprint density at radius 3 is 3.00 bits per heavy atom. The highest BCUT2D eigenvalue weighted by molar-refractivity contribution is 5.85. The fourth-order valence-corrected chi connectivity index (χ4v) is 1.69. The van der Waals surface area contributed by atoms with Crippen LogP contribution in [0.4, 0.5) is 0 Å². The lowest BCUT2D eigenvalue weighted by molar-refractivity contribution is 0.300. The lowest BCUT2D eigenvalue weighted by Crippen LogP contribution is -1.87. The molecule has 0 radical (unpaired) electrons. The zero-order valence-corrected chi connectivity index (χ0v) is 7.67. The van der Waals surface area contributed by atoms with Gasteiger partial charge in [-0.3, -0.25) is 0 Å². The third kappa shape index (κ3) is 1.33. The summed E-state index contributed by atoms with van der Waals surface area (Å²) in [5.41, 5.74) is 3.63. The highest BCUT2D eigenvalue weighted by atomic mass is 16.2. The number of hydrogen-bond donors (Lipinski definition) is 2. The molecule has 0 aliphatic heterocycles. The first kappa shape index (κ1) is 8.32. The van der Waals surface area contributed by atoms with Gasteiger partial charge in [0.15, 0.2) is 0 Å². The highest BCUT2D eigenvalue weighted by Crippen LogP contribution is 2.21. The van der Waals surface area contributed by atoms with E-state index in [2.05, 4.69) is 24.0 Å². The number of rotatable bonds is 2. The van der Waals surface area contributed by atoms with Gasteiger partial charge in [0.05, 0.1) is 0 Å². The van der Waals surface area contributed by atoms with Gasteiger partial charge in [-0.25, -0.2) is 0 Å². The van der Waals surface area contributed by atoms with Crippen LogP contribution >= 0.6 is 0 Å². The molecule has 0 atom stereocenters. The van der Waals surface area contributed by atoms with Crippen LogP contribution in [0.2, 0.25) is 0 Å². The number of aliphatic hydroxyl groups excluding tert-OH is 1. The first-order chi connectivity index (χ1) is 6.33. The summed E-state index contributed by atoms with van der Waals surface area (Å²) in [6.45, 7) is 2.29. The maximum absolute atomic E-state index is 8.85. The van der Waals surface area contributed by atoms with E-state index >= 15 is 0 Å². The molecule has 0 bridgehead atoms. The number of fused-ring (bicyclic) bond motifs is 1. The van der Waals surface area contributed by atoms with Crippen molar-refractivity contribution < 1.29 is 5.11 Å². The Kier molecular flexibility index (Phi) is 2.07. The van der Waals surface area contributed by atoms with E-state index in [9.17, 15) is 0 Å². The number of aromatic nitrogens is 1. The number of hydrogen-bond acceptors (Lipinski definition) is 1. The first-order valence-corrected chi connectivity index (χ1v) is 4.49. The lowest BCUT2D eigenvalue weighted by Gasteiger charge is -1.97. The largest absolute Gasteiger partial charge is 0.396 e. The molecule has 68 valence electrons. The fraction of sp³-hybridized carbons (Fsp3) is 0.273. The average molecular weight is 175 g/mol. The van der Waals surface area contributed by atoms with Crippen LogP contribution in [0.25, 0.3) is 10.9 Å². The number of H-pyrrole nitrogens is 1. The molecule has 2 rings (SSSR count). The summed E-state index contributed by atoms with van der Waals surface area (Å²) in [7, 11) is 0. The number of aryl methyl sites for hydroxylation is 1. The number of aromatic amines is 1. The van der Waals surface area contributed by atoms with Crippen molar-refractivity contribution in [2.75, 3.05) is 6.61 Å². The van der Waals surface area contributed by atoms with E-state index in [4.69, 9.17) is 5.11 Å². The van der Waals surface area contributed by atoms with Crippen molar-refractivity contribution in [2.24, 2.45) is 0 Å². The summed E-state index contributed by atoms with van der Waals surface area (Å²) in [4.78, 5) is 3.23. The Labute approximate surface area is 77.2 Å². The van der Waals surface area contributed by atoms with Crippen molar-refractivity contribution in [1.82, 2.24) is 4.98 Å². The molecule has 2 aromatic rings. The second-order valence-corrected chi connectivity index (χ2v) is 3.28. The molecule has 0 fully saturated rings. The Morgan fingerprint density at radius 2 is 2.23 bits per heavy atom. The van der Waals surface area contributed by atoms with Gasteiger partial charge in [-0.05, 0) is 24.5 Å². The van der Waals surface area contributed by atoms with Gasteiger partial charge in [0.2, 0.25) is 0 Å². The summed E-state index contributed by atoms with van der Waals surface area (Å²) in [6, 6.07) is 6.22.